The number of halogens is 1. The summed E-state index contributed by atoms with van der Waals surface area (Å²) < 4.78 is 1.26. The molecule has 0 amide bonds. The molecule has 0 saturated carbocycles. The number of aryl methyl sites for hydroxylation is 1. The van der Waals surface area contributed by atoms with Crippen molar-refractivity contribution in [1.82, 2.24) is 5.32 Å². The van der Waals surface area contributed by atoms with Gasteiger partial charge in [-0.2, -0.15) is 0 Å². The molecule has 0 bridgehead atoms. The molecule has 5 heteroatoms. The molecule has 3 nitrogen and oxygen atoms in total. The van der Waals surface area contributed by atoms with E-state index in [9.17, 15) is 4.79 Å². The molecule has 22 heavy (non-hydrogen) atoms. The Hall–Kier alpha value is -0.690. The normalized spacial score (nSPS) is 11.9. The highest BCUT2D eigenvalue weighted by molar-refractivity contribution is 14.1. The van der Waals surface area contributed by atoms with Crippen LogP contribution in [-0.2, 0) is 11.2 Å². The molecule has 0 aromatic heterocycles. The third kappa shape index (κ3) is 8.68. The molecule has 0 heterocycles. The van der Waals surface area contributed by atoms with E-state index >= 15 is 0 Å². The van der Waals surface area contributed by atoms with Gasteiger partial charge < -0.3 is 10.4 Å². The highest BCUT2D eigenvalue weighted by atomic mass is 125. The Morgan fingerprint density at radius 3 is 2.59 bits per heavy atom. The smallest absolute Gasteiger partial charge is 0.306 e. The van der Waals surface area contributed by atoms with Crippen LogP contribution >= 0.6 is 34.8 Å². The minimum Gasteiger partial charge on any atom is -0.481 e. The van der Waals surface area contributed by atoms with Gasteiger partial charge in [-0.25, -0.2) is 0 Å². The fourth-order valence-corrected chi connectivity index (χ4v) is 2.73. The number of nitrogens with one attached hydrogen (secondary N) is 1. The lowest BCUT2D eigenvalue weighted by Crippen LogP contribution is -2.22. The van der Waals surface area contributed by atoms with Gasteiger partial charge in [-0.15, -0.1) is 0 Å². The fraction of sp³-hybridized carbons (Fsp3) is 0.529. The lowest BCUT2D eigenvalue weighted by Gasteiger charge is -2.09. The van der Waals surface area contributed by atoms with Crippen LogP contribution < -0.4 is 5.32 Å². The Morgan fingerprint density at radius 1 is 1.27 bits per heavy atom. The predicted octanol–water partition coefficient (Wildman–Crippen LogP) is 4.42. The lowest BCUT2D eigenvalue weighted by molar-refractivity contribution is -0.141. The number of hydrogen-bond donors (Lipinski definition) is 2. The summed E-state index contributed by atoms with van der Waals surface area (Å²) in [5.74, 6) is -0.958. The molecular weight excluding hydrogens is 407 g/mol. The van der Waals surface area contributed by atoms with Gasteiger partial charge in [0, 0.05) is 10.1 Å². The van der Waals surface area contributed by atoms with Gasteiger partial charge in [-0.05, 0) is 72.4 Å². The van der Waals surface area contributed by atoms with Crippen molar-refractivity contribution in [3.8, 4) is 0 Å². The number of unbranched alkanes of at least 4 members (excludes halogenated alkanes) is 1. The Balaban J connectivity index is 2.04. The van der Waals surface area contributed by atoms with Crippen molar-refractivity contribution in [3.05, 3.63) is 33.4 Å². The Bertz CT molecular complexity index is 476. The molecule has 122 valence electrons. The van der Waals surface area contributed by atoms with Gasteiger partial charge in [0.15, 0.2) is 0 Å². The Kier molecular flexibility index (Phi) is 9.63. The molecule has 1 aromatic carbocycles. The minimum atomic E-state index is -0.709. The van der Waals surface area contributed by atoms with Crippen molar-refractivity contribution in [3.63, 3.8) is 0 Å². The predicted molar refractivity (Wildman–Crippen MR) is 103 cm³/mol. The maximum absolute atomic E-state index is 10.7. The number of rotatable bonds is 10. The molecule has 0 fully saturated rings. The third-order valence-electron chi connectivity index (χ3n) is 3.59. The van der Waals surface area contributed by atoms with Crippen LogP contribution in [0.3, 0.4) is 0 Å². The first-order chi connectivity index (χ1) is 10.5. The molecular formula is C17H24INO2S. The van der Waals surface area contributed by atoms with Crippen molar-refractivity contribution in [2.24, 2.45) is 5.92 Å². The van der Waals surface area contributed by atoms with Crippen LogP contribution in [0.4, 0.5) is 0 Å². The second kappa shape index (κ2) is 10.9. The lowest BCUT2D eigenvalue weighted by atomic mass is 10.0. The maximum atomic E-state index is 10.7. The molecule has 2 N–H and O–H groups in total. The minimum absolute atomic E-state index is 0.249. The van der Waals surface area contributed by atoms with Crippen molar-refractivity contribution in [2.45, 2.75) is 45.4 Å². The van der Waals surface area contributed by atoms with E-state index in [1.54, 1.807) is 6.92 Å². The average Bonchev–Trinajstić information content (AvgIpc) is 2.48. The van der Waals surface area contributed by atoms with E-state index in [1.165, 1.54) is 9.13 Å². The van der Waals surface area contributed by atoms with Gasteiger partial charge in [0.2, 0.25) is 0 Å². The second-order valence-electron chi connectivity index (χ2n) is 5.57. The summed E-state index contributed by atoms with van der Waals surface area (Å²) in [4.78, 5) is 11.6. The molecule has 0 aliphatic rings. The molecule has 0 unspecified atom stereocenters. The summed E-state index contributed by atoms with van der Waals surface area (Å²) in [6.07, 6.45) is 5.64. The van der Waals surface area contributed by atoms with Gasteiger partial charge in [0.05, 0.1) is 10.9 Å². The van der Waals surface area contributed by atoms with Crippen LogP contribution in [0.15, 0.2) is 24.3 Å². The Labute approximate surface area is 152 Å². The van der Waals surface area contributed by atoms with Crippen molar-refractivity contribution in [2.75, 3.05) is 6.54 Å². The van der Waals surface area contributed by atoms with Gasteiger partial charge in [-0.3, -0.25) is 4.79 Å². The molecule has 0 radical (unpaired) electrons. The number of benzene rings is 1. The quantitative estimate of drug-likeness (QED) is 0.327. The van der Waals surface area contributed by atoms with Gasteiger partial charge in [-0.1, -0.05) is 37.7 Å². The average molecular weight is 431 g/mol. The monoisotopic (exact) mass is 431 g/mol. The van der Waals surface area contributed by atoms with Crippen LogP contribution in [0, 0.1) is 9.49 Å². The largest absolute Gasteiger partial charge is 0.481 e. The van der Waals surface area contributed by atoms with Crippen LogP contribution in [0.25, 0.3) is 0 Å². The van der Waals surface area contributed by atoms with E-state index in [2.05, 4.69) is 52.2 Å². The third-order valence-corrected chi connectivity index (χ3v) is 4.66. The van der Waals surface area contributed by atoms with E-state index in [1.807, 2.05) is 0 Å². The zero-order chi connectivity index (χ0) is 16.4. The first-order valence-corrected chi connectivity index (χ1v) is 9.21. The van der Waals surface area contributed by atoms with E-state index in [-0.39, 0.29) is 5.92 Å². The number of carboxylic acids is 1. The first kappa shape index (κ1) is 19.4. The SMILES string of the molecule is C[C@@H](CCCCNC(=S)CCCc1ccc([125I])cc1)C(=O)O. The number of thiocarbonyl (C=S) groups is 1. The summed E-state index contributed by atoms with van der Waals surface area (Å²) in [7, 11) is 0. The van der Waals surface area contributed by atoms with Gasteiger partial charge >= 0.3 is 5.97 Å². The van der Waals surface area contributed by atoms with Crippen molar-refractivity contribution < 1.29 is 9.90 Å². The van der Waals surface area contributed by atoms with Gasteiger partial charge in [0.1, 0.15) is 0 Å². The molecule has 0 aliphatic heterocycles. The molecule has 0 aliphatic carbocycles. The van der Waals surface area contributed by atoms with Crippen LogP contribution in [-0.4, -0.2) is 22.6 Å². The van der Waals surface area contributed by atoms with Crippen LogP contribution in [0.1, 0.15) is 44.6 Å². The number of hydrogen-bond acceptors (Lipinski definition) is 2. The van der Waals surface area contributed by atoms with Gasteiger partial charge in [0.25, 0.3) is 0 Å². The summed E-state index contributed by atoms with van der Waals surface area (Å²) in [5.41, 5.74) is 1.35. The summed E-state index contributed by atoms with van der Waals surface area (Å²) in [5, 5.41) is 12.1. The van der Waals surface area contributed by atoms with Crippen molar-refractivity contribution in [1.29, 1.82) is 0 Å². The molecule has 0 spiro atoms. The molecule has 1 rings (SSSR count). The summed E-state index contributed by atoms with van der Waals surface area (Å²) in [6, 6.07) is 8.60. The van der Waals surface area contributed by atoms with E-state index in [0.717, 1.165) is 50.1 Å². The molecule has 0 saturated heterocycles. The molecule has 1 aromatic rings. The highest BCUT2D eigenvalue weighted by Gasteiger charge is 2.09. The zero-order valence-corrected chi connectivity index (χ0v) is 16.0. The maximum Gasteiger partial charge on any atom is 0.306 e. The standard InChI is InChI=1S/C17H24INO2S/c1-13(17(20)21)5-2-3-12-19-16(22)7-4-6-14-8-10-15(18)11-9-14/h8-11,13H,2-7,12H2,1H3,(H,19,22)(H,20,21)/t13-/m0/s1/i18-2. The van der Waals surface area contributed by atoms with E-state index in [4.69, 9.17) is 17.3 Å². The van der Waals surface area contributed by atoms with Crippen LogP contribution in [0.2, 0.25) is 0 Å². The van der Waals surface area contributed by atoms with Crippen molar-refractivity contribution >= 4 is 45.8 Å². The number of carbonyl (C=O) groups is 1. The summed E-state index contributed by atoms with van der Waals surface area (Å²) >= 11 is 7.64. The number of carboxylic acid groups (broad SMARTS) is 1. The first-order valence-electron chi connectivity index (χ1n) is 7.73. The second-order valence-corrected chi connectivity index (χ2v) is 7.30. The summed E-state index contributed by atoms with van der Waals surface area (Å²) in [6.45, 7) is 2.60. The fourth-order valence-electron chi connectivity index (χ4n) is 2.12. The van der Waals surface area contributed by atoms with E-state index < -0.39 is 5.97 Å². The topological polar surface area (TPSA) is 49.3 Å². The van der Waals surface area contributed by atoms with E-state index in [0.29, 0.717) is 0 Å². The molecule has 1 atom stereocenters. The highest BCUT2D eigenvalue weighted by Crippen LogP contribution is 2.10. The number of aliphatic carboxylic acids is 1. The van der Waals surface area contributed by atoms with Crippen LogP contribution in [0.5, 0.6) is 0 Å². The zero-order valence-electron chi connectivity index (χ0n) is 13.0. The Morgan fingerprint density at radius 2 is 1.95 bits per heavy atom.